The van der Waals surface area contributed by atoms with E-state index < -0.39 is 30.0 Å². The predicted octanol–water partition coefficient (Wildman–Crippen LogP) is 4.22. The summed E-state index contributed by atoms with van der Waals surface area (Å²) in [5, 5.41) is 0. The monoisotopic (exact) mass is 628 g/mol. The Morgan fingerprint density at radius 1 is 0.778 bits per heavy atom. The van der Waals surface area contributed by atoms with Gasteiger partial charge in [-0.25, -0.2) is 8.42 Å². The van der Waals surface area contributed by atoms with Crippen molar-refractivity contribution < 1.29 is 75.4 Å². The molecule has 1 rings (SSSR count). The van der Waals surface area contributed by atoms with Gasteiger partial charge in [0.1, 0.15) is 15.0 Å². The average Bonchev–Trinajstić information content (AvgIpc) is 2.59. The van der Waals surface area contributed by atoms with Gasteiger partial charge in [-0.05, 0) is 18.6 Å². The van der Waals surface area contributed by atoms with Crippen molar-refractivity contribution in [2.75, 3.05) is 6.61 Å². The molecule has 0 unspecified atom stereocenters. The third-order valence-corrected chi connectivity index (χ3v) is 6.52. The van der Waals surface area contributed by atoms with Gasteiger partial charge >= 0.3 is 49.9 Å². The fourth-order valence-electron chi connectivity index (χ4n) is 2.68. The van der Waals surface area contributed by atoms with E-state index in [0.717, 1.165) is 31.4 Å². The Balaban J connectivity index is 0.00000676. The Morgan fingerprint density at radius 3 is 1.70 bits per heavy atom. The molecule has 0 spiro atoms. The van der Waals surface area contributed by atoms with Crippen LogP contribution in [0, 0.1) is 49.9 Å². The van der Waals surface area contributed by atoms with E-state index in [1.165, 1.54) is 50.7 Å². The molecule has 1 aromatic carbocycles. The Labute approximate surface area is 205 Å². The molecule has 0 N–H and O–H groups in total. The summed E-state index contributed by atoms with van der Waals surface area (Å²) in [7, 11) is -9.14. The molecule has 150 valence electrons. The first kappa shape index (κ1) is 27.6. The van der Waals surface area contributed by atoms with Crippen molar-refractivity contribution in [1.82, 2.24) is 0 Å². The van der Waals surface area contributed by atoms with E-state index in [4.69, 9.17) is 4.18 Å². The number of hydrogen-bond donors (Lipinski definition) is 0. The van der Waals surface area contributed by atoms with Gasteiger partial charge in [0.15, 0.2) is 0 Å². The number of benzene rings is 1. The van der Waals surface area contributed by atoms with E-state index >= 15 is 0 Å². The largest absolute Gasteiger partial charge is 1.00 e. The van der Waals surface area contributed by atoms with E-state index in [2.05, 4.69) is 6.92 Å². The van der Waals surface area contributed by atoms with Crippen LogP contribution >= 0.6 is 0 Å². The molecule has 27 heavy (non-hydrogen) atoms. The van der Waals surface area contributed by atoms with Crippen molar-refractivity contribution in [3.63, 3.8) is 0 Å². The molecule has 6 nitrogen and oxygen atoms in total. The van der Waals surface area contributed by atoms with Crippen LogP contribution in [0.3, 0.4) is 0 Å². The summed E-state index contributed by atoms with van der Waals surface area (Å²) in [4.78, 5) is -1.37. The zero-order valence-electron chi connectivity index (χ0n) is 16.4. The predicted molar refractivity (Wildman–Crippen MR) is 99.4 cm³/mol. The van der Waals surface area contributed by atoms with Crippen LogP contribution in [0.25, 0.3) is 0 Å². The third-order valence-electron chi connectivity index (χ3n) is 4.12. The molecule has 0 saturated carbocycles. The first-order valence-corrected chi connectivity index (χ1v) is 12.0. The Morgan fingerprint density at radius 2 is 1.22 bits per heavy atom. The summed E-state index contributed by atoms with van der Waals surface area (Å²) in [5.74, 6) is 0. The van der Waals surface area contributed by atoms with Crippen LogP contribution < -0.4 is 0 Å². The number of rotatable bonds is 14. The fraction of sp³-hybridized carbons (Fsp3) is 0.667. The van der Waals surface area contributed by atoms with Crippen molar-refractivity contribution >= 4 is 20.2 Å². The molecule has 0 aliphatic rings. The topological polar surface area (TPSA) is 101 Å². The summed E-state index contributed by atoms with van der Waals surface area (Å²) in [5.41, 5.74) is 0. The minimum absolute atomic E-state index is 0. The maximum absolute atomic E-state index is 12.1. The van der Waals surface area contributed by atoms with Crippen LogP contribution in [0.15, 0.2) is 34.1 Å². The van der Waals surface area contributed by atoms with Gasteiger partial charge in [-0.3, -0.25) is 4.18 Å². The van der Waals surface area contributed by atoms with Crippen LogP contribution in [0.5, 0.6) is 0 Å². The van der Waals surface area contributed by atoms with E-state index in [1.807, 2.05) is 0 Å². The first-order chi connectivity index (χ1) is 12.3. The summed E-state index contributed by atoms with van der Waals surface area (Å²) in [6.07, 6.45) is 11.1. The van der Waals surface area contributed by atoms with Crippen molar-refractivity contribution in [1.29, 1.82) is 0 Å². The summed E-state index contributed by atoms with van der Waals surface area (Å²) >= 11 is 0. The zero-order chi connectivity index (χ0) is 19.5. The van der Waals surface area contributed by atoms with Crippen molar-refractivity contribution in [2.45, 2.75) is 80.9 Å². The van der Waals surface area contributed by atoms with Crippen molar-refractivity contribution in [2.24, 2.45) is 0 Å². The maximum atomic E-state index is 12.1. The molecule has 0 aliphatic heterocycles. The molecule has 0 fully saturated rings. The van der Waals surface area contributed by atoms with E-state index in [9.17, 15) is 21.4 Å². The smallest absolute Gasteiger partial charge is 0.744 e. The molecule has 0 radical (unpaired) electrons. The van der Waals surface area contributed by atoms with Gasteiger partial charge in [-0.2, -0.15) is 8.42 Å². The number of hydrogen-bond acceptors (Lipinski definition) is 6. The average molecular weight is 629 g/mol. The van der Waals surface area contributed by atoms with Crippen LogP contribution in [0.4, 0.5) is 0 Å². The molecular formula is C18H29FrO6S2. The Hall–Kier alpha value is 0.637. The molecule has 0 atom stereocenters. The van der Waals surface area contributed by atoms with Crippen LogP contribution in [-0.4, -0.2) is 28.0 Å². The SMILES string of the molecule is CCCCCCCCCCCCOS(=O)(=O)c1ccccc1S(=O)(=O)[O-].[Fr+]. The van der Waals surface area contributed by atoms with Crippen molar-refractivity contribution in [3.8, 4) is 0 Å². The third kappa shape index (κ3) is 11.4. The summed E-state index contributed by atoms with van der Waals surface area (Å²) in [6.45, 7) is 2.17. The Bertz CT molecular complexity index is 732. The second-order valence-electron chi connectivity index (χ2n) is 6.36. The van der Waals surface area contributed by atoms with Crippen LogP contribution in [0.2, 0.25) is 0 Å². The van der Waals surface area contributed by atoms with Gasteiger partial charge in [-0.15, -0.1) is 0 Å². The fourth-order valence-corrected chi connectivity index (χ4v) is 4.88. The maximum Gasteiger partial charge on any atom is 1.00 e. The minimum atomic E-state index is -4.88. The van der Waals surface area contributed by atoms with E-state index in [1.54, 1.807) is 0 Å². The van der Waals surface area contributed by atoms with Gasteiger partial charge in [0.2, 0.25) is 0 Å². The molecule has 0 heterocycles. The quantitative estimate of drug-likeness (QED) is 0.174. The van der Waals surface area contributed by atoms with Gasteiger partial charge in [-0.1, -0.05) is 76.8 Å². The second-order valence-corrected chi connectivity index (χ2v) is 9.29. The normalized spacial score (nSPS) is 11.9. The molecule has 0 aromatic heterocycles. The molecule has 1 aromatic rings. The van der Waals surface area contributed by atoms with Crippen molar-refractivity contribution in [3.05, 3.63) is 24.3 Å². The molecular weight excluding hydrogens is 599 g/mol. The van der Waals surface area contributed by atoms with Gasteiger partial charge < -0.3 is 4.55 Å². The molecule has 9 heteroatoms. The number of unbranched alkanes of at least 4 members (excludes halogenated alkanes) is 9. The van der Waals surface area contributed by atoms with Gasteiger partial charge in [0, 0.05) is 0 Å². The first-order valence-electron chi connectivity index (χ1n) is 9.23. The van der Waals surface area contributed by atoms with E-state index in [0.29, 0.717) is 6.42 Å². The van der Waals surface area contributed by atoms with Crippen LogP contribution in [-0.2, 0) is 24.4 Å². The molecule has 0 aliphatic carbocycles. The van der Waals surface area contributed by atoms with Gasteiger partial charge in [0.05, 0.1) is 11.5 Å². The second kappa shape index (κ2) is 14.6. The summed E-state index contributed by atoms with van der Waals surface area (Å²) < 4.78 is 62.7. The van der Waals surface area contributed by atoms with E-state index in [-0.39, 0.29) is 56.5 Å². The standard InChI is InChI=1S/C18H30O6S2.Fr/c1-2-3-4-5-6-7-8-9-10-13-16-24-26(22,23)18-15-12-11-14-17(18)25(19,20)21;/h11-12,14-15H,2-10,13,16H2,1H3,(H,19,20,21);/q;+1/p-1. The minimum Gasteiger partial charge on any atom is -0.744 e. The summed E-state index contributed by atoms with van der Waals surface area (Å²) in [6, 6.07) is 4.69. The van der Waals surface area contributed by atoms with Gasteiger partial charge in [0.25, 0.3) is 10.1 Å². The van der Waals surface area contributed by atoms with Crippen LogP contribution in [0.1, 0.15) is 71.1 Å². The Kier molecular flexibility index (Phi) is 14.9. The molecule has 0 saturated heterocycles. The zero-order valence-corrected chi connectivity index (χ0v) is 26.2. The molecule has 0 bridgehead atoms. The molecule has 0 amide bonds.